The van der Waals surface area contributed by atoms with Gasteiger partial charge in [-0.1, -0.05) is 40.0 Å². The molecule has 2 rings (SSSR count). The molecule has 20 heavy (non-hydrogen) atoms. The van der Waals surface area contributed by atoms with Crippen molar-refractivity contribution >= 4 is 5.91 Å². The van der Waals surface area contributed by atoms with Crippen molar-refractivity contribution in [2.75, 3.05) is 13.1 Å². The Hall–Kier alpha value is -0.570. The van der Waals surface area contributed by atoms with Gasteiger partial charge in [0.1, 0.15) is 0 Å². The van der Waals surface area contributed by atoms with Gasteiger partial charge >= 0.3 is 0 Å². The van der Waals surface area contributed by atoms with E-state index in [4.69, 9.17) is 0 Å². The second-order valence-electron chi connectivity index (χ2n) is 6.97. The molecule has 3 nitrogen and oxygen atoms in total. The molecule has 0 aromatic carbocycles. The highest BCUT2D eigenvalue weighted by molar-refractivity contribution is 5.78. The molecular formula is C17H32N2O. The Morgan fingerprint density at radius 3 is 2.70 bits per heavy atom. The van der Waals surface area contributed by atoms with Crippen molar-refractivity contribution in [2.45, 2.75) is 77.8 Å². The number of piperidine rings is 1. The average molecular weight is 280 g/mol. The van der Waals surface area contributed by atoms with Crippen molar-refractivity contribution in [3.63, 3.8) is 0 Å². The Bertz CT molecular complexity index is 306. The van der Waals surface area contributed by atoms with Gasteiger partial charge in [0.05, 0.1) is 6.54 Å². The molecule has 116 valence electrons. The number of likely N-dealkylation sites (tertiary alicyclic amines) is 1. The molecule has 2 aliphatic rings. The molecule has 1 aliphatic heterocycles. The Balaban J connectivity index is 1.82. The van der Waals surface area contributed by atoms with Gasteiger partial charge in [0.25, 0.3) is 0 Å². The third-order valence-corrected chi connectivity index (χ3v) is 5.62. The van der Waals surface area contributed by atoms with E-state index in [1.165, 1.54) is 38.5 Å². The summed E-state index contributed by atoms with van der Waals surface area (Å²) in [7, 11) is 0. The third-order valence-electron chi connectivity index (χ3n) is 5.62. The molecule has 2 fully saturated rings. The van der Waals surface area contributed by atoms with E-state index in [0.717, 1.165) is 18.9 Å². The van der Waals surface area contributed by atoms with Crippen molar-refractivity contribution < 1.29 is 4.79 Å². The fourth-order valence-corrected chi connectivity index (χ4v) is 3.95. The van der Waals surface area contributed by atoms with Crippen LogP contribution in [0.1, 0.15) is 65.7 Å². The molecule has 1 aliphatic carbocycles. The monoisotopic (exact) mass is 280 g/mol. The van der Waals surface area contributed by atoms with E-state index in [2.05, 4.69) is 31.0 Å². The number of amides is 1. The zero-order valence-electron chi connectivity index (χ0n) is 13.5. The molecule has 0 aromatic heterocycles. The van der Waals surface area contributed by atoms with Gasteiger partial charge in [0.15, 0.2) is 0 Å². The highest BCUT2D eigenvalue weighted by atomic mass is 16.2. The summed E-state index contributed by atoms with van der Waals surface area (Å²) in [5.74, 6) is 1.61. The number of hydrogen-bond acceptors (Lipinski definition) is 2. The minimum absolute atomic E-state index is 0.247. The molecule has 1 amide bonds. The maximum absolute atomic E-state index is 12.3. The minimum atomic E-state index is 0.247. The molecule has 0 spiro atoms. The summed E-state index contributed by atoms with van der Waals surface area (Å²) in [4.78, 5) is 14.7. The fourth-order valence-electron chi connectivity index (χ4n) is 3.95. The van der Waals surface area contributed by atoms with Crippen LogP contribution in [0.5, 0.6) is 0 Å². The van der Waals surface area contributed by atoms with E-state index in [0.29, 0.717) is 24.5 Å². The second-order valence-corrected chi connectivity index (χ2v) is 6.97. The van der Waals surface area contributed by atoms with E-state index in [-0.39, 0.29) is 5.91 Å². The smallest absolute Gasteiger partial charge is 0.234 e. The van der Waals surface area contributed by atoms with E-state index in [1.807, 2.05) is 0 Å². The second kappa shape index (κ2) is 7.44. The first kappa shape index (κ1) is 15.8. The molecule has 1 heterocycles. The van der Waals surface area contributed by atoms with E-state index in [9.17, 15) is 4.79 Å². The van der Waals surface area contributed by atoms with Crippen LogP contribution in [0.4, 0.5) is 0 Å². The molecular weight excluding hydrogens is 248 g/mol. The Labute approximate surface area is 124 Å². The maximum atomic E-state index is 12.3. The standard InChI is InChI=1S/C17H32N2O/c1-4-15-9-5-6-11-19(15)12-17(20)18-16-10-7-8-13(2)14(16)3/h13-16H,4-12H2,1-3H3,(H,18,20). The van der Waals surface area contributed by atoms with Crippen molar-refractivity contribution in [3.8, 4) is 0 Å². The Morgan fingerprint density at radius 1 is 1.15 bits per heavy atom. The summed E-state index contributed by atoms with van der Waals surface area (Å²) in [5, 5.41) is 3.31. The SMILES string of the molecule is CCC1CCCCN1CC(=O)NC1CCCC(C)C1C. The van der Waals surface area contributed by atoms with Gasteiger partial charge in [-0.25, -0.2) is 0 Å². The minimum Gasteiger partial charge on any atom is -0.352 e. The maximum Gasteiger partial charge on any atom is 0.234 e. The largest absolute Gasteiger partial charge is 0.352 e. The predicted molar refractivity (Wildman–Crippen MR) is 83.6 cm³/mol. The Morgan fingerprint density at radius 2 is 1.95 bits per heavy atom. The van der Waals surface area contributed by atoms with Crippen molar-refractivity contribution in [1.29, 1.82) is 0 Å². The zero-order chi connectivity index (χ0) is 14.5. The van der Waals surface area contributed by atoms with Crippen LogP contribution in [-0.2, 0) is 4.79 Å². The van der Waals surface area contributed by atoms with Crippen LogP contribution in [0.25, 0.3) is 0 Å². The van der Waals surface area contributed by atoms with Gasteiger partial charge < -0.3 is 5.32 Å². The summed E-state index contributed by atoms with van der Waals surface area (Å²) in [6, 6.07) is 1.02. The van der Waals surface area contributed by atoms with Gasteiger partial charge in [0.2, 0.25) is 5.91 Å². The summed E-state index contributed by atoms with van der Waals surface area (Å²) in [6.07, 6.45) is 8.75. The van der Waals surface area contributed by atoms with Gasteiger partial charge in [-0.05, 0) is 44.1 Å². The predicted octanol–water partition coefficient (Wildman–Crippen LogP) is 3.19. The fraction of sp³-hybridized carbons (Fsp3) is 0.941. The highest BCUT2D eigenvalue weighted by Gasteiger charge is 2.29. The van der Waals surface area contributed by atoms with E-state index < -0.39 is 0 Å². The number of carbonyl (C=O) groups excluding carboxylic acids is 1. The molecule has 0 aromatic rings. The van der Waals surface area contributed by atoms with E-state index >= 15 is 0 Å². The summed E-state index contributed by atoms with van der Waals surface area (Å²) < 4.78 is 0. The normalized spacial score (nSPS) is 35.8. The first-order chi connectivity index (χ1) is 9.61. The lowest BCUT2D eigenvalue weighted by Gasteiger charge is -2.37. The highest BCUT2D eigenvalue weighted by Crippen LogP contribution is 2.29. The van der Waals surface area contributed by atoms with Crippen molar-refractivity contribution in [1.82, 2.24) is 10.2 Å². The van der Waals surface area contributed by atoms with Gasteiger partial charge in [-0.3, -0.25) is 9.69 Å². The lowest BCUT2D eigenvalue weighted by atomic mass is 9.78. The van der Waals surface area contributed by atoms with E-state index in [1.54, 1.807) is 0 Å². The van der Waals surface area contributed by atoms with Crippen LogP contribution in [0, 0.1) is 11.8 Å². The van der Waals surface area contributed by atoms with Crippen molar-refractivity contribution in [2.24, 2.45) is 11.8 Å². The third kappa shape index (κ3) is 3.97. The molecule has 1 saturated carbocycles. The topological polar surface area (TPSA) is 32.3 Å². The van der Waals surface area contributed by atoms with Crippen LogP contribution >= 0.6 is 0 Å². The molecule has 1 saturated heterocycles. The number of nitrogens with one attached hydrogen (secondary N) is 1. The quantitative estimate of drug-likeness (QED) is 0.857. The lowest BCUT2D eigenvalue weighted by Crippen LogP contribution is -2.50. The van der Waals surface area contributed by atoms with Gasteiger partial charge in [0, 0.05) is 12.1 Å². The van der Waals surface area contributed by atoms with Crippen LogP contribution in [0.15, 0.2) is 0 Å². The van der Waals surface area contributed by atoms with Crippen LogP contribution in [0.3, 0.4) is 0 Å². The van der Waals surface area contributed by atoms with Gasteiger partial charge in [-0.15, -0.1) is 0 Å². The Kier molecular flexibility index (Phi) is 5.88. The molecule has 0 bridgehead atoms. The lowest BCUT2D eigenvalue weighted by molar-refractivity contribution is -0.124. The first-order valence-corrected chi connectivity index (χ1v) is 8.65. The number of nitrogens with zero attached hydrogens (tertiary/aromatic N) is 1. The molecule has 1 N–H and O–H groups in total. The van der Waals surface area contributed by atoms with Gasteiger partial charge in [-0.2, -0.15) is 0 Å². The van der Waals surface area contributed by atoms with Crippen LogP contribution < -0.4 is 5.32 Å². The summed E-state index contributed by atoms with van der Waals surface area (Å²) in [5.41, 5.74) is 0. The first-order valence-electron chi connectivity index (χ1n) is 8.65. The number of carbonyl (C=O) groups is 1. The number of hydrogen-bond donors (Lipinski definition) is 1. The number of rotatable bonds is 4. The van der Waals surface area contributed by atoms with Crippen LogP contribution in [-0.4, -0.2) is 36.0 Å². The molecule has 4 unspecified atom stereocenters. The molecule has 3 heteroatoms. The zero-order valence-corrected chi connectivity index (χ0v) is 13.5. The molecule has 4 atom stereocenters. The van der Waals surface area contributed by atoms with Crippen LogP contribution in [0.2, 0.25) is 0 Å². The summed E-state index contributed by atoms with van der Waals surface area (Å²) >= 11 is 0. The van der Waals surface area contributed by atoms with Crippen molar-refractivity contribution in [3.05, 3.63) is 0 Å². The molecule has 0 radical (unpaired) electrons. The summed E-state index contributed by atoms with van der Waals surface area (Å²) in [6.45, 7) is 8.57. The average Bonchev–Trinajstić information content (AvgIpc) is 2.44.